The minimum atomic E-state index is 0.626. The molecule has 17 heavy (non-hydrogen) atoms. The highest BCUT2D eigenvalue weighted by atomic mass is 32.1. The highest BCUT2D eigenvalue weighted by Gasteiger charge is 2.18. The van der Waals surface area contributed by atoms with Crippen molar-refractivity contribution in [3.05, 3.63) is 41.4 Å². The molecule has 1 aliphatic heterocycles. The molecule has 0 bridgehead atoms. The SMILES string of the molecule is c1ccc(-c2nc(C3CC[N]CC3)cs2)cc1. The average molecular weight is 243 g/mol. The molecule has 3 heteroatoms. The van der Waals surface area contributed by atoms with E-state index in [4.69, 9.17) is 4.98 Å². The summed E-state index contributed by atoms with van der Waals surface area (Å²) in [6, 6.07) is 10.4. The Morgan fingerprint density at radius 2 is 1.82 bits per heavy atom. The van der Waals surface area contributed by atoms with E-state index in [-0.39, 0.29) is 0 Å². The van der Waals surface area contributed by atoms with Gasteiger partial charge in [-0.05, 0) is 12.8 Å². The van der Waals surface area contributed by atoms with E-state index in [0.717, 1.165) is 30.9 Å². The maximum absolute atomic E-state index is 4.78. The van der Waals surface area contributed by atoms with Gasteiger partial charge in [0.2, 0.25) is 0 Å². The first-order valence-corrected chi connectivity index (χ1v) is 6.95. The van der Waals surface area contributed by atoms with Gasteiger partial charge in [-0.1, -0.05) is 30.3 Å². The standard InChI is InChI=1S/C14H15N2S/c1-2-4-12(5-3-1)14-16-13(10-17-14)11-6-8-15-9-7-11/h1-5,10-11H,6-9H2. The van der Waals surface area contributed by atoms with Crippen molar-refractivity contribution in [2.24, 2.45) is 0 Å². The Kier molecular flexibility index (Phi) is 3.20. The van der Waals surface area contributed by atoms with Gasteiger partial charge in [0.1, 0.15) is 5.01 Å². The fourth-order valence-corrected chi connectivity index (χ4v) is 3.14. The lowest BCUT2D eigenvalue weighted by Gasteiger charge is -2.19. The van der Waals surface area contributed by atoms with Crippen LogP contribution in [-0.2, 0) is 0 Å². The maximum Gasteiger partial charge on any atom is 0.123 e. The molecular weight excluding hydrogens is 228 g/mol. The highest BCUT2D eigenvalue weighted by Crippen LogP contribution is 2.30. The number of rotatable bonds is 2. The van der Waals surface area contributed by atoms with E-state index < -0.39 is 0 Å². The Hall–Kier alpha value is -1.19. The van der Waals surface area contributed by atoms with Crippen molar-refractivity contribution in [3.8, 4) is 10.6 Å². The molecule has 0 unspecified atom stereocenters. The summed E-state index contributed by atoms with van der Waals surface area (Å²) in [6.45, 7) is 2.01. The summed E-state index contributed by atoms with van der Waals surface area (Å²) in [7, 11) is 0. The minimum Gasteiger partial charge on any atom is -0.242 e. The van der Waals surface area contributed by atoms with Crippen molar-refractivity contribution in [1.82, 2.24) is 10.3 Å². The van der Waals surface area contributed by atoms with E-state index in [0.29, 0.717) is 5.92 Å². The van der Waals surface area contributed by atoms with Crippen molar-refractivity contribution in [2.75, 3.05) is 13.1 Å². The molecule has 0 aliphatic carbocycles. The van der Waals surface area contributed by atoms with E-state index >= 15 is 0 Å². The molecule has 2 heterocycles. The van der Waals surface area contributed by atoms with Gasteiger partial charge in [-0.2, -0.15) is 0 Å². The summed E-state index contributed by atoms with van der Waals surface area (Å²) in [5.41, 5.74) is 2.49. The van der Waals surface area contributed by atoms with Crippen molar-refractivity contribution >= 4 is 11.3 Å². The van der Waals surface area contributed by atoms with Crippen molar-refractivity contribution in [2.45, 2.75) is 18.8 Å². The molecule has 2 nitrogen and oxygen atoms in total. The number of aromatic nitrogens is 1. The predicted molar refractivity (Wildman–Crippen MR) is 71.4 cm³/mol. The zero-order valence-electron chi connectivity index (χ0n) is 9.67. The van der Waals surface area contributed by atoms with Gasteiger partial charge in [-0.25, -0.2) is 10.3 Å². The number of benzene rings is 1. The molecule has 0 atom stereocenters. The molecule has 3 rings (SSSR count). The Balaban J connectivity index is 1.83. The summed E-state index contributed by atoms with van der Waals surface area (Å²) in [4.78, 5) is 4.78. The van der Waals surface area contributed by atoms with E-state index in [1.807, 2.05) is 6.07 Å². The van der Waals surface area contributed by atoms with Gasteiger partial charge in [0, 0.05) is 30.0 Å². The average Bonchev–Trinajstić information content (AvgIpc) is 2.90. The summed E-state index contributed by atoms with van der Waals surface area (Å²) in [5.74, 6) is 0.626. The Morgan fingerprint density at radius 3 is 2.59 bits per heavy atom. The fourth-order valence-electron chi connectivity index (χ4n) is 2.23. The van der Waals surface area contributed by atoms with Gasteiger partial charge in [0.25, 0.3) is 0 Å². The number of piperidine rings is 1. The first-order chi connectivity index (χ1) is 8.43. The van der Waals surface area contributed by atoms with Crippen LogP contribution in [0.1, 0.15) is 24.5 Å². The second-order valence-corrected chi connectivity index (χ2v) is 5.25. The zero-order chi connectivity index (χ0) is 11.5. The third-order valence-corrected chi connectivity index (χ3v) is 4.14. The molecule has 1 aromatic heterocycles. The molecule has 1 aromatic carbocycles. The second-order valence-electron chi connectivity index (χ2n) is 4.39. The van der Waals surface area contributed by atoms with Crippen molar-refractivity contribution in [1.29, 1.82) is 0 Å². The zero-order valence-corrected chi connectivity index (χ0v) is 10.5. The summed E-state index contributed by atoms with van der Waals surface area (Å²) in [6.07, 6.45) is 2.33. The van der Waals surface area contributed by atoms with Crippen LogP contribution < -0.4 is 5.32 Å². The van der Waals surface area contributed by atoms with Crippen LogP contribution in [0.5, 0.6) is 0 Å². The molecule has 1 aliphatic rings. The number of hydrogen-bond acceptors (Lipinski definition) is 2. The Bertz CT molecular complexity index is 472. The summed E-state index contributed by atoms with van der Waals surface area (Å²) < 4.78 is 0. The van der Waals surface area contributed by atoms with Crippen LogP contribution in [0.3, 0.4) is 0 Å². The van der Waals surface area contributed by atoms with Gasteiger partial charge in [0.05, 0.1) is 5.69 Å². The normalized spacial score (nSPS) is 17.2. The van der Waals surface area contributed by atoms with Gasteiger partial charge >= 0.3 is 0 Å². The highest BCUT2D eigenvalue weighted by molar-refractivity contribution is 7.13. The predicted octanol–water partition coefficient (Wildman–Crippen LogP) is 3.29. The van der Waals surface area contributed by atoms with Crippen LogP contribution in [0.2, 0.25) is 0 Å². The molecule has 0 N–H and O–H groups in total. The Labute approximate surface area is 106 Å². The minimum absolute atomic E-state index is 0.626. The first kappa shape index (κ1) is 10.9. The number of thiazole rings is 1. The van der Waals surface area contributed by atoms with Crippen molar-refractivity contribution in [3.63, 3.8) is 0 Å². The molecular formula is C14H15N2S. The number of nitrogens with zero attached hydrogens (tertiary/aromatic N) is 2. The van der Waals surface area contributed by atoms with Crippen LogP contribution in [0.15, 0.2) is 35.7 Å². The lowest BCUT2D eigenvalue weighted by Crippen LogP contribution is -2.21. The lowest BCUT2D eigenvalue weighted by molar-refractivity contribution is 0.448. The van der Waals surface area contributed by atoms with Crippen LogP contribution in [0.4, 0.5) is 0 Å². The molecule has 1 radical (unpaired) electrons. The molecule has 0 spiro atoms. The molecule has 2 aromatic rings. The second kappa shape index (κ2) is 4.98. The van der Waals surface area contributed by atoms with Gasteiger partial charge < -0.3 is 0 Å². The molecule has 1 saturated heterocycles. The third kappa shape index (κ3) is 2.40. The van der Waals surface area contributed by atoms with Crippen LogP contribution in [0.25, 0.3) is 10.6 Å². The van der Waals surface area contributed by atoms with Gasteiger partial charge in [-0.3, -0.25) is 0 Å². The maximum atomic E-state index is 4.78. The van der Waals surface area contributed by atoms with E-state index in [1.54, 1.807) is 11.3 Å². The van der Waals surface area contributed by atoms with Crippen LogP contribution >= 0.6 is 11.3 Å². The molecule has 87 valence electrons. The molecule has 1 fully saturated rings. The van der Waals surface area contributed by atoms with Crippen LogP contribution in [-0.4, -0.2) is 18.1 Å². The quantitative estimate of drug-likeness (QED) is 0.795. The monoisotopic (exact) mass is 243 g/mol. The summed E-state index contributed by atoms with van der Waals surface area (Å²) in [5, 5.41) is 7.76. The number of hydrogen-bond donors (Lipinski definition) is 0. The van der Waals surface area contributed by atoms with E-state index in [9.17, 15) is 0 Å². The Morgan fingerprint density at radius 1 is 1.06 bits per heavy atom. The van der Waals surface area contributed by atoms with Gasteiger partial charge in [-0.15, -0.1) is 11.3 Å². The van der Waals surface area contributed by atoms with Gasteiger partial charge in [0.15, 0.2) is 0 Å². The summed E-state index contributed by atoms with van der Waals surface area (Å²) >= 11 is 1.75. The van der Waals surface area contributed by atoms with E-state index in [1.165, 1.54) is 11.3 Å². The first-order valence-electron chi connectivity index (χ1n) is 6.07. The van der Waals surface area contributed by atoms with E-state index in [2.05, 4.69) is 35.0 Å². The smallest absolute Gasteiger partial charge is 0.123 e. The lowest BCUT2D eigenvalue weighted by atomic mass is 9.95. The third-order valence-electron chi connectivity index (χ3n) is 3.23. The topological polar surface area (TPSA) is 27.0 Å². The fraction of sp³-hybridized carbons (Fsp3) is 0.357. The van der Waals surface area contributed by atoms with Crippen molar-refractivity contribution < 1.29 is 0 Å². The molecule has 0 amide bonds. The molecule has 0 saturated carbocycles. The largest absolute Gasteiger partial charge is 0.242 e. The van der Waals surface area contributed by atoms with Crippen LogP contribution in [0, 0.1) is 0 Å².